The second-order valence-electron chi connectivity index (χ2n) is 13.1. The first kappa shape index (κ1) is 41.7. The number of aliphatic hydroxyl groups excluding tert-OH is 1. The molecular formula is C39H56B2N2O6. The zero-order chi connectivity index (χ0) is 34.7. The number of nitrogens with zero attached hydrogens (tertiary/aromatic N) is 2. The number of carbonyl (C=O) groups excluding carboxylic acids is 5. The molecule has 2 saturated heterocycles. The minimum atomic E-state index is -0.136. The number of carbonyl (C=O) groups is 5. The molecule has 0 spiro atoms. The molecule has 264 valence electrons. The summed E-state index contributed by atoms with van der Waals surface area (Å²) in [6.07, 6.45) is 9.87. The third-order valence-electron chi connectivity index (χ3n) is 10.0. The number of hydrogen-bond donors (Lipinski definition) is 1. The molecule has 2 heterocycles. The Morgan fingerprint density at radius 3 is 1.49 bits per heavy atom. The van der Waals surface area contributed by atoms with E-state index in [9.17, 15) is 24.0 Å². The van der Waals surface area contributed by atoms with Gasteiger partial charge in [0, 0.05) is 61.9 Å². The van der Waals surface area contributed by atoms with Gasteiger partial charge in [-0.1, -0.05) is 80.7 Å². The van der Waals surface area contributed by atoms with Gasteiger partial charge in [-0.15, -0.1) is 0 Å². The Labute approximate surface area is 295 Å². The van der Waals surface area contributed by atoms with Crippen molar-refractivity contribution in [2.45, 2.75) is 109 Å². The van der Waals surface area contributed by atoms with Gasteiger partial charge < -0.3 is 29.3 Å². The second kappa shape index (κ2) is 23.0. The summed E-state index contributed by atoms with van der Waals surface area (Å²) < 4.78 is 0. The molecule has 8 nitrogen and oxygen atoms in total. The van der Waals surface area contributed by atoms with Crippen LogP contribution in [-0.2, 0) is 24.0 Å². The van der Waals surface area contributed by atoms with Crippen LogP contribution in [0.15, 0.2) is 60.7 Å². The Morgan fingerprint density at radius 1 is 0.673 bits per heavy atom. The summed E-state index contributed by atoms with van der Waals surface area (Å²) in [4.78, 5) is 61.4. The van der Waals surface area contributed by atoms with Crippen molar-refractivity contribution in [3.63, 3.8) is 0 Å². The average Bonchev–Trinajstić information content (AvgIpc) is 3.11. The largest absolute Gasteiger partial charge is 0.396 e. The molecule has 0 aromatic heterocycles. The number of rotatable bonds is 18. The van der Waals surface area contributed by atoms with Crippen LogP contribution in [-0.4, -0.2) is 91.7 Å². The Morgan fingerprint density at radius 2 is 1.10 bits per heavy atom. The van der Waals surface area contributed by atoms with E-state index in [0.29, 0.717) is 31.5 Å². The van der Waals surface area contributed by atoms with E-state index in [2.05, 4.69) is 38.1 Å². The van der Waals surface area contributed by atoms with Crippen LogP contribution in [0.4, 0.5) is 0 Å². The molecule has 0 bridgehead atoms. The van der Waals surface area contributed by atoms with Crippen LogP contribution >= 0.6 is 0 Å². The lowest BCUT2D eigenvalue weighted by molar-refractivity contribution is -0.142. The van der Waals surface area contributed by atoms with Gasteiger partial charge >= 0.3 is 0 Å². The third-order valence-corrected chi connectivity index (χ3v) is 10.0. The van der Waals surface area contributed by atoms with Gasteiger partial charge in [0.25, 0.3) is 0 Å². The number of amides is 2. The molecular weight excluding hydrogens is 614 g/mol. The van der Waals surface area contributed by atoms with E-state index in [1.807, 2.05) is 46.2 Å². The molecule has 2 fully saturated rings. The summed E-state index contributed by atoms with van der Waals surface area (Å²) in [7, 11) is 3.11. The van der Waals surface area contributed by atoms with Gasteiger partial charge in [-0.2, -0.15) is 0 Å². The molecule has 1 N–H and O–H groups in total. The zero-order valence-electron chi connectivity index (χ0n) is 28.7. The molecule has 0 aliphatic carbocycles. The van der Waals surface area contributed by atoms with Crippen LogP contribution < -0.4 is 0 Å². The van der Waals surface area contributed by atoms with E-state index in [1.165, 1.54) is 11.1 Å². The third kappa shape index (κ3) is 12.4. The summed E-state index contributed by atoms with van der Waals surface area (Å²) in [5.74, 6) is 0.625. The SMILES string of the molecule is C.CC1C(c2ccccc2)CC(C[B]C=O)C(=O)N1CCCCC=O.CC1C(c2ccccc2)CC(C[B]C=O)C(=O)N1CCCCCO. The number of piperidine rings is 2. The van der Waals surface area contributed by atoms with E-state index in [4.69, 9.17) is 5.11 Å². The minimum absolute atomic E-state index is 0. The van der Waals surface area contributed by atoms with Gasteiger partial charge in [-0.05, 0) is 69.9 Å². The molecule has 49 heavy (non-hydrogen) atoms. The predicted molar refractivity (Wildman–Crippen MR) is 199 cm³/mol. The quantitative estimate of drug-likeness (QED) is 0.122. The van der Waals surface area contributed by atoms with Crippen molar-refractivity contribution in [3.8, 4) is 0 Å². The summed E-state index contributed by atoms with van der Waals surface area (Å²) in [6.45, 7) is 5.83. The number of aliphatic hydroxyl groups is 1. The van der Waals surface area contributed by atoms with Crippen LogP contribution in [0.25, 0.3) is 0 Å². The summed E-state index contributed by atoms with van der Waals surface area (Å²) >= 11 is 0. The molecule has 6 unspecified atom stereocenters. The number of benzene rings is 2. The molecule has 0 saturated carbocycles. The fraction of sp³-hybridized carbons (Fsp3) is 0.564. The highest BCUT2D eigenvalue weighted by molar-refractivity contribution is 6.67. The molecule has 6 atom stereocenters. The summed E-state index contributed by atoms with van der Waals surface area (Å²) in [5, 5.41) is 8.92. The molecule has 10 heteroatoms. The van der Waals surface area contributed by atoms with Crippen molar-refractivity contribution in [1.29, 1.82) is 0 Å². The molecule has 2 amide bonds. The smallest absolute Gasteiger partial charge is 0.225 e. The van der Waals surface area contributed by atoms with Crippen molar-refractivity contribution in [2.24, 2.45) is 11.8 Å². The Kier molecular flexibility index (Phi) is 19.5. The number of hydrogen-bond acceptors (Lipinski definition) is 6. The Bertz CT molecular complexity index is 1270. The fourth-order valence-corrected chi connectivity index (χ4v) is 7.29. The number of likely N-dealkylation sites (tertiary alicyclic amines) is 2. The molecule has 2 aliphatic heterocycles. The maximum absolute atomic E-state index is 12.8. The Hall–Kier alpha value is -3.52. The van der Waals surface area contributed by atoms with Crippen molar-refractivity contribution in [3.05, 3.63) is 71.8 Å². The van der Waals surface area contributed by atoms with Crippen molar-refractivity contribution in [1.82, 2.24) is 9.80 Å². The maximum atomic E-state index is 12.8. The van der Waals surface area contributed by atoms with Gasteiger partial charge in [0.2, 0.25) is 11.8 Å². The van der Waals surface area contributed by atoms with E-state index in [-0.39, 0.29) is 55.7 Å². The van der Waals surface area contributed by atoms with Crippen LogP contribution in [0.3, 0.4) is 0 Å². The first-order valence-electron chi connectivity index (χ1n) is 17.7. The highest BCUT2D eigenvalue weighted by Crippen LogP contribution is 2.39. The first-order valence-corrected chi connectivity index (χ1v) is 17.7. The van der Waals surface area contributed by atoms with E-state index < -0.39 is 0 Å². The van der Waals surface area contributed by atoms with Crippen LogP contribution in [0.1, 0.15) is 95.6 Å². The highest BCUT2D eigenvalue weighted by Gasteiger charge is 2.40. The minimum Gasteiger partial charge on any atom is -0.396 e. The lowest BCUT2D eigenvalue weighted by Crippen LogP contribution is -2.50. The van der Waals surface area contributed by atoms with Gasteiger partial charge in [-0.3, -0.25) is 9.59 Å². The summed E-state index contributed by atoms with van der Waals surface area (Å²) in [5.41, 5.74) is 2.50. The maximum Gasteiger partial charge on any atom is 0.225 e. The first-order chi connectivity index (χ1) is 23.4. The van der Waals surface area contributed by atoms with E-state index in [0.717, 1.165) is 70.1 Å². The molecule has 2 aromatic rings. The van der Waals surface area contributed by atoms with E-state index >= 15 is 0 Å². The zero-order valence-corrected chi connectivity index (χ0v) is 28.7. The van der Waals surface area contributed by atoms with Gasteiger partial charge in [0.15, 0.2) is 14.6 Å². The van der Waals surface area contributed by atoms with Crippen molar-refractivity contribution in [2.75, 3.05) is 19.7 Å². The van der Waals surface area contributed by atoms with Gasteiger partial charge in [0.1, 0.15) is 6.29 Å². The highest BCUT2D eigenvalue weighted by atomic mass is 16.3. The number of unbranched alkanes of at least 4 members (excludes halogenated alkanes) is 4. The second-order valence-corrected chi connectivity index (χ2v) is 13.1. The lowest BCUT2D eigenvalue weighted by atomic mass is 9.66. The van der Waals surface area contributed by atoms with Gasteiger partial charge in [0.05, 0.1) is 12.4 Å². The van der Waals surface area contributed by atoms with Crippen molar-refractivity contribution >= 4 is 45.0 Å². The fourth-order valence-electron chi connectivity index (χ4n) is 7.29. The lowest BCUT2D eigenvalue weighted by Gasteiger charge is -2.43. The molecule has 4 rings (SSSR count). The molecule has 2 radical (unpaired) electrons. The molecule has 2 aromatic carbocycles. The summed E-state index contributed by atoms with van der Waals surface area (Å²) in [6, 6.07) is 20.9. The number of aldehydes is 1. The topological polar surface area (TPSA) is 112 Å². The Balaban J connectivity index is 0.000000333. The normalized spacial score (nSPS) is 23.4. The van der Waals surface area contributed by atoms with Crippen LogP contribution in [0, 0.1) is 11.8 Å². The van der Waals surface area contributed by atoms with E-state index in [1.54, 1.807) is 14.6 Å². The standard InChI is InChI=1S/C19H27BNO3.C19H25BNO3.CH4/c2*1-15-18(16-8-4-2-5-9-16)12-17(13-20-14-23)19(24)21(15)10-6-3-7-11-22;/h2,4-5,8-9,14-15,17-18,22H,3,6-7,10-13H2,1H3;2,4-5,8-9,11,14-15,17-18H,3,6-7,10,12-13H2,1H3;1H4. The monoisotopic (exact) mass is 670 g/mol. The predicted octanol–water partition coefficient (Wildman–Crippen LogP) is 5.81. The molecule has 2 aliphatic rings. The van der Waals surface area contributed by atoms with Crippen molar-refractivity contribution < 1.29 is 29.1 Å². The van der Waals surface area contributed by atoms with Crippen LogP contribution in [0.5, 0.6) is 0 Å². The average molecular weight is 671 g/mol. The van der Waals surface area contributed by atoms with Gasteiger partial charge in [-0.25, -0.2) is 0 Å². The van der Waals surface area contributed by atoms with Crippen LogP contribution in [0.2, 0.25) is 12.6 Å².